The van der Waals surface area contributed by atoms with Gasteiger partial charge < -0.3 is 20.6 Å². The van der Waals surface area contributed by atoms with Crippen molar-refractivity contribution >= 4 is 11.6 Å². The van der Waals surface area contributed by atoms with E-state index in [-0.39, 0.29) is 17.9 Å². The lowest BCUT2D eigenvalue weighted by molar-refractivity contribution is -0.128. The summed E-state index contributed by atoms with van der Waals surface area (Å²) in [4.78, 5) is 25.6. The molecule has 0 saturated carbocycles. The van der Waals surface area contributed by atoms with Crippen molar-refractivity contribution in [3.8, 4) is 0 Å². The third-order valence-electron chi connectivity index (χ3n) is 3.95. The summed E-state index contributed by atoms with van der Waals surface area (Å²) in [6.07, 6.45) is 1.28. The molecule has 3 rings (SSSR count). The normalized spacial score (nSPS) is 26.5. The van der Waals surface area contributed by atoms with Gasteiger partial charge in [0.25, 0.3) is 5.56 Å². The van der Waals surface area contributed by atoms with Crippen LogP contribution in [0.5, 0.6) is 0 Å². The van der Waals surface area contributed by atoms with Crippen molar-refractivity contribution in [1.29, 1.82) is 0 Å². The Hall–Kier alpha value is -1.93. The van der Waals surface area contributed by atoms with Crippen molar-refractivity contribution in [3.05, 3.63) is 22.6 Å². The largest absolute Gasteiger partial charge is 0.371 e. The number of anilines is 1. The summed E-state index contributed by atoms with van der Waals surface area (Å²) in [6, 6.07) is 1.04. The maximum Gasteiger partial charge on any atom is 0.269 e. The fourth-order valence-corrected chi connectivity index (χ4v) is 2.78. The number of nitrogens with one attached hydrogen (secondary N) is 2. The first-order valence-electron chi connectivity index (χ1n) is 7.17. The van der Waals surface area contributed by atoms with Crippen LogP contribution in [0.25, 0.3) is 0 Å². The first-order valence-corrected chi connectivity index (χ1v) is 7.17. The van der Waals surface area contributed by atoms with Gasteiger partial charge in [-0.3, -0.25) is 9.59 Å². The lowest BCUT2D eigenvalue weighted by atomic mass is 10.1. The minimum Gasteiger partial charge on any atom is -0.371 e. The molecule has 8 nitrogen and oxygen atoms in total. The molecule has 1 aromatic rings. The number of aliphatic hydroxyl groups is 1. The number of piperidine rings is 1. The highest BCUT2D eigenvalue weighted by Crippen LogP contribution is 2.19. The van der Waals surface area contributed by atoms with Crippen LogP contribution in [-0.4, -0.2) is 53.2 Å². The summed E-state index contributed by atoms with van der Waals surface area (Å²) in [7, 11) is 0. The number of aromatic nitrogens is 2. The van der Waals surface area contributed by atoms with Gasteiger partial charge in [-0.05, 0) is 6.42 Å². The number of nitrogens with zero attached hydrogens (tertiary/aromatic N) is 3. The van der Waals surface area contributed by atoms with E-state index in [1.165, 1.54) is 4.68 Å². The summed E-state index contributed by atoms with van der Waals surface area (Å²) in [5.41, 5.74) is 0.540. The number of piperazine rings is 1. The van der Waals surface area contributed by atoms with Crippen LogP contribution >= 0.6 is 0 Å². The zero-order valence-corrected chi connectivity index (χ0v) is 11.7. The van der Waals surface area contributed by atoms with Gasteiger partial charge in [0, 0.05) is 38.7 Å². The standard InChI is InChI=1S/C13H19N5O3/c19-11-2-1-10(13(21)16-11)18-12(20)7-9(8-15-18)17-5-3-14-4-6-17/h7-8,10,13-14,21H,1-6H2,(H,16,19). The summed E-state index contributed by atoms with van der Waals surface area (Å²) >= 11 is 0. The second kappa shape index (κ2) is 5.82. The van der Waals surface area contributed by atoms with E-state index in [2.05, 4.69) is 20.6 Å². The lowest BCUT2D eigenvalue weighted by Crippen LogP contribution is -2.48. The molecule has 0 spiro atoms. The molecule has 21 heavy (non-hydrogen) atoms. The van der Waals surface area contributed by atoms with Crippen molar-refractivity contribution in [3.63, 3.8) is 0 Å². The van der Waals surface area contributed by atoms with Crippen LogP contribution in [-0.2, 0) is 4.79 Å². The van der Waals surface area contributed by atoms with Gasteiger partial charge in [0.1, 0.15) is 12.3 Å². The van der Waals surface area contributed by atoms with Gasteiger partial charge in [0.15, 0.2) is 0 Å². The van der Waals surface area contributed by atoms with E-state index in [1.54, 1.807) is 12.3 Å². The highest BCUT2D eigenvalue weighted by atomic mass is 16.3. The topological polar surface area (TPSA) is 99.5 Å². The lowest BCUT2D eigenvalue weighted by Gasteiger charge is -2.31. The fraction of sp³-hybridized carbons (Fsp3) is 0.615. The molecule has 2 atom stereocenters. The molecule has 0 aliphatic carbocycles. The summed E-state index contributed by atoms with van der Waals surface area (Å²) < 4.78 is 1.26. The van der Waals surface area contributed by atoms with Crippen molar-refractivity contribution in [2.45, 2.75) is 25.1 Å². The van der Waals surface area contributed by atoms with Crippen molar-refractivity contribution in [2.75, 3.05) is 31.1 Å². The van der Waals surface area contributed by atoms with E-state index in [4.69, 9.17) is 0 Å². The zero-order chi connectivity index (χ0) is 14.8. The van der Waals surface area contributed by atoms with Crippen LogP contribution in [0.2, 0.25) is 0 Å². The predicted molar refractivity (Wildman–Crippen MR) is 76.0 cm³/mol. The summed E-state index contributed by atoms with van der Waals surface area (Å²) in [5.74, 6) is -0.204. The number of carbonyl (C=O) groups excluding carboxylic acids is 1. The van der Waals surface area contributed by atoms with Crippen molar-refractivity contribution in [1.82, 2.24) is 20.4 Å². The number of aliphatic hydroxyl groups excluding tert-OH is 1. The maximum atomic E-state index is 12.2. The second-order valence-electron chi connectivity index (χ2n) is 5.35. The molecular weight excluding hydrogens is 274 g/mol. The Balaban J connectivity index is 1.81. The van der Waals surface area contributed by atoms with Gasteiger partial charge in [-0.2, -0.15) is 5.10 Å². The van der Waals surface area contributed by atoms with Crippen LogP contribution in [0.15, 0.2) is 17.1 Å². The van der Waals surface area contributed by atoms with Crippen molar-refractivity contribution < 1.29 is 9.90 Å². The minimum absolute atomic E-state index is 0.204. The van der Waals surface area contributed by atoms with Gasteiger partial charge in [-0.25, -0.2) is 4.68 Å². The molecular formula is C13H19N5O3. The molecule has 1 aromatic heterocycles. The number of hydrogen-bond donors (Lipinski definition) is 3. The average Bonchev–Trinajstić information content (AvgIpc) is 2.49. The molecule has 2 saturated heterocycles. The van der Waals surface area contributed by atoms with Gasteiger partial charge in [0.05, 0.1) is 11.9 Å². The molecule has 0 radical (unpaired) electrons. The third kappa shape index (κ3) is 2.91. The maximum absolute atomic E-state index is 12.2. The average molecular weight is 293 g/mol. The third-order valence-corrected chi connectivity index (χ3v) is 3.95. The van der Waals surface area contributed by atoms with Crippen molar-refractivity contribution in [2.24, 2.45) is 0 Å². The molecule has 2 aliphatic rings. The molecule has 2 aliphatic heterocycles. The van der Waals surface area contributed by atoms with Crippen LogP contribution in [0.4, 0.5) is 5.69 Å². The van der Waals surface area contributed by atoms with Crippen LogP contribution in [0.1, 0.15) is 18.9 Å². The van der Waals surface area contributed by atoms with Crippen LogP contribution in [0, 0.1) is 0 Å². The molecule has 1 amide bonds. The van der Waals surface area contributed by atoms with Gasteiger partial charge in [-0.1, -0.05) is 0 Å². The quantitative estimate of drug-likeness (QED) is 0.609. The Morgan fingerprint density at radius 3 is 2.71 bits per heavy atom. The van der Waals surface area contributed by atoms with E-state index in [9.17, 15) is 14.7 Å². The highest BCUT2D eigenvalue weighted by Gasteiger charge is 2.29. The Morgan fingerprint density at radius 2 is 2.05 bits per heavy atom. The minimum atomic E-state index is -1.07. The van der Waals surface area contributed by atoms with Gasteiger partial charge >= 0.3 is 0 Å². The Bertz CT molecular complexity index is 581. The smallest absolute Gasteiger partial charge is 0.269 e. The number of carbonyl (C=O) groups is 1. The van der Waals surface area contributed by atoms with Crippen LogP contribution in [0.3, 0.4) is 0 Å². The van der Waals surface area contributed by atoms with E-state index in [0.29, 0.717) is 6.42 Å². The molecule has 3 heterocycles. The monoisotopic (exact) mass is 293 g/mol. The second-order valence-corrected chi connectivity index (χ2v) is 5.35. The van der Waals surface area contributed by atoms with E-state index in [0.717, 1.165) is 31.9 Å². The number of rotatable bonds is 2. The molecule has 2 unspecified atom stereocenters. The molecule has 0 bridgehead atoms. The highest BCUT2D eigenvalue weighted by molar-refractivity contribution is 5.76. The molecule has 3 N–H and O–H groups in total. The summed E-state index contributed by atoms with van der Waals surface area (Å²) in [5, 5.41) is 19.8. The Kier molecular flexibility index (Phi) is 3.89. The zero-order valence-electron chi connectivity index (χ0n) is 11.7. The molecule has 114 valence electrons. The SMILES string of the molecule is O=C1CCC(n2ncc(N3CCNCC3)cc2=O)C(O)N1. The first kappa shape index (κ1) is 14.0. The summed E-state index contributed by atoms with van der Waals surface area (Å²) in [6.45, 7) is 3.45. The Labute approximate surface area is 121 Å². The van der Waals surface area contributed by atoms with E-state index in [1.807, 2.05) is 0 Å². The van der Waals surface area contributed by atoms with Gasteiger partial charge in [0.2, 0.25) is 5.91 Å². The fourth-order valence-electron chi connectivity index (χ4n) is 2.78. The molecule has 8 heteroatoms. The Morgan fingerprint density at radius 1 is 1.29 bits per heavy atom. The first-order chi connectivity index (χ1) is 10.1. The van der Waals surface area contributed by atoms with E-state index < -0.39 is 12.3 Å². The molecule has 0 aromatic carbocycles. The van der Waals surface area contributed by atoms with Gasteiger partial charge in [-0.15, -0.1) is 0 Å². The number of amides is 1. The molecule has 2 fully saturated rings. The van der Waals surface area contributed by atoms with Crippen LogP contribution < -0.4 is 21.1 Å². The predicted octanol–water partition coefficient (Wildman–Crippen LogP) is -1.58. The number of hydrogen-bond acceptors (Lipinski definition) is 6. The van der Waals surface area contributed by atoms with E-state index >= 15 is 0 Å².